The Bertz CT molecular complexity index is 883. The molecule has 2 aromatic rings. The number of ether oxygens (including phenoxy) is 1. The van der Waals surface area contributed by atoms with Crippen molar-refractivity contribution in [1.29, 1.82) is 0 Å². The van der Waals surface area contributed by atoms with Gasteiger partial charge < -0.3 is 9.84 Å². The van der Waals surface area contributed by atoms with Crippen LogP contribution in [-0.2, 0) is 11.2 Å². The number of rotatable bonds is 6. The third kappa shape index (κ3) is 3.56. The van der Waals surface area contributed by atoms with Gasteiger partial charge in [-0.05, 0) is 97.6 Å². The highest BCUT2D eigenvalue weighted by molar-refractivity contribution is 7.98. The largest absolute Gasteiger partial charge is 0.496 e. The molecule has 6 rings (SSSR count). The van der Waals surface area contributed by atoms with Gasteiger partial charge in [-0.25, -0.2) is 4.79 Å². The van der Waals surface area contributed by atoms with Gasteiger partial charge in [0.25, 0.3) is 0 Å². The molecule has 4 bridgehead atoms. The molecule has 4 fully saturated rings. The molecule has 0 spiro atoms. The Balaban J connectivity index is 1.38. The van der Waals surface area contributed by atoms with Crippen LogP contribution in [0.25, 0.3) is 0 Å². The van der Waals surface area contributed by atoms with Crippen molar-refractivity contribution >= 4 is 17.7 Å². The first-order valence-corrected chi connectivity index (χ1v) is 11.7. The minimum absolute atomic E-state index is 0.319. The van der Waals surface area contributed by atoms with Crippen molar-refractivity contribution in [2.45, 2.75) is 54.6 Å². The molecule has 0 atom stereocenters. The summed E-state index contributed by atoms with van der Waals surface area (Å²) in [7, 11) is 1.80. The van der Waals surface area contributed by atoms with E-state index in [9.17, 15) is 4.79 Å². The number of carboxylic acid groups (broad SMARTS) is 1. The summed E-state index contributed by atoms with van der Waals surface area (Å²) in [5.41, 5.74) is 3.24. The fourth-order valence-corrected chi connectivity index (χ4v) is 7.43. The number of aromatic carboxylic acids is 1. The van der Waals surface area contributed by atoms with E-state index in [0.717, 1.165) is 34.8 Å². The fourth-order valence-electron chi connectivity index (χ4n) is 6.54. The number of hydrogen-bond donors (Lipinski definition) is 1. The molecule has 29 heavy (non-hydrogen) atoms. The predicted molar refractivity (Wildman–Crippen MR) is 116 cm³/mol. The average Bonchev–Trinajstić information content (AvgIpc) is 2.71. The molecular weight excluding hydrogens is 380 g/mol. The van der Waals surface area contributed by atoms with Crippen molar-refractivity contribution in [1.82, 2.24) is 0 Å². The molecule has 1 N–H and O–H groups in total. The van der Waals surface area contributed by atoms with Crippen molar-refractivity contribution in [2.75, 3.05) is 7.11 Å². The molecule has 0 heterocycles. The van der Waals surface area contributed by atoms with E-state index in [1.165, 1.54) is 49.0 Å². The fraction of sp³-hybridized carbons (Fsp3) is 0.480. The third-order valence-electron chi connectivity index (χ3n) is 7.39. The van der Waals surface area contributed by atoms with Crippen LogP contribution >= 0.6 is 11.8 Å². The highest BCUT2D eigenvalue weighted by Crippen LogP contribution is 2.62. The summed E-state index contributed by atoms with van der Waals surface area (Å²) in [6, 6.07) is 13.9. The van der Waals surface area contributed by atoms with Crippen LogP contribution in [0.5, 0.6) is 5.75 Å². The molecule has 4 saturated carbocycles. The van der Waals surface area contributed by atoms with Crippen LogP contribution < -0.4 is 4.74 Å². The van der Waals surface area contributed by atoms with Crippen molar-refractivity contribution in [3.63, 3.8) is 0 Å². The summed E-state index contributed by atoms with van der Waals surface area (Å²) in [4.78, 5) is 12.3. The SMILES string of the molecule is COc1ccc(SCc2ccc(C(=O)O)cc2)cc1C12CC3CC(CC(C3)C1)C2. The maximum atomic E-state index is 11.0. The number of carbonyl (C=O) groups is 1. The minimum Gasteiger partial charge on any atom is -0.496 e. The first-order valence-electron chi connectivity index (χ1n) is 10.7. The zero-order valence-electron chi connectivity index (χ0n) is 16.9. The number of methoxy groups -OCH3 is 1. The average molecular weight is 409 g/mol. The summed E-state index contributed by atoms with van der Waals surface area (Å²) in [5.74, 6) is 3.76. The summed E-state index contributed by atoms with van der Waals surface area (Å²) >= 11 is 1.82. The van der Waals surface area contributed by atoms with E-state index in [4.69, 9.17) is 9.84 Å². The van der Waals surface area contributed by atoms with Crippen molar-refractivity contribution in [2.24, 2.45) is 17.8 Å². The predicted octanol–water partition coefficient (Wildman–Crippen LogP) is 6.15. The maximum absolute atomic E-state index is 11.0. The van der Waals surface area contributed by atoms with E-state index in [2.05, 4.69) is 18.2 Å². The summed E-state index contributed by atoms with van der Waals surface area (Å²) in [5, 5.41) is 9.06. The van der Waals surface area contributed by atoms with Gasteiger partial charge in [0, 0.05) is 16.2 Å². The molecule has 0 unspecified atom stereocenters. The van der Waals surface area contributed by atoms with Gasteiger partial charge in [-0.15, -0.1) is 11.8 Å². The number of hydrogen-bond acceptors (Lipinski definition) is 3. The number of carboxylic acids is 1. The van der Waals surface area contributed by atoms with E-state index in [0.29, 0.717) is 11.0 Å². The Kier molecular flexibility index (Phi) is 4.85. The van der Waals surface area contributed by atoms with Crippen molar-refractivity contribution in [3.8, 4) is 5.75 Å². The summed E-state index contributed by atoms with van der Waals surface area (Å²) in [6.45, 7) is 0. The van der Waals surface area contributed by atoms with Crippen LogP contribution in [0, 0.1) is 17.8 Å². The smallest absolute Gasteiger partial charge is 0.335 e. The quantitative estimate of drug-likeness (QED) is 0.582. The molecule has 4 heteroatoms. The molecule has 2 aromatic carbocycles. The number of benzene rings is 2. The molecule has 0 radical (unpaired) electrons. The highest BCUT2D eigenvalue weighted by atomic mass is 32.2. The van der Waals surface area contributed by atoms with E-state index in [1.807, 2.05) is 23.9 Å². The van der Waals surface area contributed by atoms with Crippen LogP contribution in [0.15, 0.2) is 47.4 Å². The first-order chi connectivity index (χ1) is 14.0. The summed E-state index contributed by atoms with van der Waals surface area (Å²) < 4.78 is 5.82. The van der Waals surface area contributed by atoms with Gasteiger partial charge in [0.05, 0.1) is 12.7 Å². The Morgan fingerprint density at radius 3 is 2.21 bits per heavy atom. The Hall–Kier alpha value is -1.94. The molecule has 152 valence electrons. The van der Waals surface area contributed by atoms with Crippen LogP contribution in [0.3, 0.4) is 0 Å². The van der Waals surface area contributed by atoms with Gasteiger partial charge in [-0.2, -0.15) is 0 Å². The lowest BCUT2D eigenvalue weighted by Gasteiger charge is -2.57. The Morgan fingerprint density at radius 1 is 1.03 bits per heavy atom. The van der Waals surface area contributed by atoms with Crippen LogP contribution in [0.4, 0.5) is 0 Å². The second-order valence-corrected chi connectivity index (χ2v) is 10.4. The number of thioether (sulfide) groups is 1. The molecule has 4 aliphatic carbocycles. The highest BCUT2D eigenvalue weighted by Gasteiger charge is 2.52. The molecule has 0 saturated heterocycles. The standard InChI is InChI=1S/C25H28O3S/c1-28-23-7-6-21(29-15-16-2-4-20(5-3-16)24(26)27)11-22(23)25-12-17-8-18(13-25)10-19(9-17)14-25/h2-7,11,17-19H,8-10,12-15H2,1H3,(H,26,27). The maximum Gasteiger partial charge on any atom is 0.335 e. The van der Waals surface area contributed by atoms with Gasteiger partial charge in [0.15, 0.2) is 0 Å². The molecular formula is C25H28O3S. The Morgan fingerprint density at radius 2 is 1.66 bits per heavy atom. The van der Waals surface area contributed by atoms with Gasteiger partial charge in [-0.1, -0.05) is 12.1 Å². The van der Waals surface area contributed by atoms with Crippen molar-refractivity contribution in [3.05, 3.63) is 59.2 Å². The lowest BCUT2D eigenvalue weighted by Crippen LogP contribution is -2.48. The van der Waals surface area contributed by atoms with Crippen LogP contribution in [-0.4, -0.2) is 18.2 Å². The van der Waals surface area contributed by atoms with E-state index in [1.54, 1.807) is 19.2 Å². The molecule has 0 amide bonds. The normalized spacial score (nSPS) is 29.8. The van der Waals surface area contributed by atoms with Gasteiger partial charge >= 0.3 is 5.97 Å². The molecule has 3 nitrogen and oxygen atoms in total. The molecule has 0 aromatic heterocycles. The van der Waals surface area contributed by atoms with Crippen LogP contribution in [0.2, 0.25) is 0 Å². The third-order valence-corrected chi connectivity index (χ3v) is 8.45. The van der Waals surface area contributed by atoms with Crippen LogP contribution in [0.1, 0.15) is 60.0 Å². The second kappa shape index (κ2) is 7.39. The zero-order valence-corrected chi connectivity index (χ0v) is 17.7. The van der Waals surface area contributed by atoms with Crippen molar-refractivity contribution < 1.29 is 14.6 Å². The lowest BCUT2D eigenvalue weighted by molar-refractivity contribution is -0.00625. The minimum atomic E-state index is -0.875. The Labute approximate surface area is 176 Å². The van der Waals surface area contributed by atoms with Gasteiger partial charge in [-0.3, -0.25) is 0 Å². The lowest BCUT2D eigenvalue weighted by atomic mass is 9.48. The van der Waals surface area contributed by atoms with Gasteiger partial charge in [0.2, 0.25) is 0 Å². The van der Waals surface area contributed by atoms with Gasteiger partial charge in [0.1, 0.15) is 5.75 Å². The summed E-state index contributed by atoms with van der Waals surface area (Å²) in [6.07, 6.45) is 8.34. The topological polar surface area (TPSA) is 46.5 Å². The van der Waals surface area contributed by atoms with E-state index in [-0.39, 0.29) is 0 Å². The second-order valence-electron chi connectivity index (χ2n) is 9.35. The molecule has 4 aliphatic rings. The monoisotopic (exact) mass is 408 g/mol. The van der Waals surface area contributed by atoms with E-state index >= 15 is 0 Å². The molecule has 0 aliphatic heterocycles. The van der Waals surface area contributed by atoms with E-state index < -0.39 is 5.97 Å². The zero-order chi connectivity index (χ0) is 20.0. The first kappa shape index (κ1) is 19.0.